The van der Waals surface area contributed by atoms with Gasteiger partial charge in [-0.3, -0.25) is 9.59 Å². The number of Topliss-reactive ketones (excluding diaryl/α,β-unsaturated/α-hetero) is 1. The van der Waals surface area contributed by atoms with Crippen molar-refractivity contribution in [3.05, 3.63) is 65.7 Å². The van der Waals surface area contributed by atoms with Gasteiger partial charge in [-0.15, -0.1) is 13.2 Å². The van der Waals surface area contributed by atoms with Gasteiger partial charge in [0.2, 0.25) is 5.91 Å². The van der Waals surface area contributed by atoms with Gasteiger partial charge >= 0.3 is 12.3 Å². The number of ether oxygens (including phenoxy) is 2. The van der Waals surface area contributed by atoms with Gasteiger partial charge in [-0.05, 0) is 48.0 Å². The molecule has 0 radical (unpaired) electrons. The number of hydrogen-bond donors (Lipinski definition) is 1. The number of anilines is 1. The highest BCUT2D eigenvalue weighted by atomic mass is 19.4. The van der Waals surface area contributed by atoms with Crippen LogP contribution in [0.4, 0.5) is 18.9 Å². The third-order valence-corrected chi connectivity index (χ3v) is 3.40. The van der Waals surface area contributed by atoms with E-state index in [1.54, 1.807) is 12.1 Å². The Morgan fingerprint density at radius 3 is 2.17 bits per heavy atom. The average Bonchev–Trinajstić information content (AvgIpc) is 2.64. The van der Waals surface area contributed by atoms with Gasteiger partial charge in [0.25, 0.3) is 0 Å². The van der Waals surface area contributed by atoms with Crippen LogP contribution in [0.1, 0.15) is 22.8 Å². The summed E-state index contributed by atoms with van der Waals surface area (Å²) in [5.74, 6) is -1.85. The Labute approximate surface area is 163 Å². The zero-order valence-electron chi connectivity index (χ0n) is 15.2. The molecule has 2 rings (SSSR count). The Morgan fingerprint density at radius 2 is 1.62 bits per heavy atom. The quantitative estimate of drug-likeness (QED) is 0.427. The SMILES string of the molecule is CC(=O)Nc1ccc(C(=O)COC(=O)/C=C/c2ccc(OC(F)(F)F)cc2)cc1. The molecule has 0 heterocycles. The van der Waals surface area contributed by atoms with Gasteiger partial charge in [0.05, 0.1) is 0 Å². The number of hydrogen-bond acceptors (Lipinski definition) is 5. The fourth-order valence-corrected chi connectivity index (χ4v) is 2.16. The van der Waals surface area contributed by atoms with Crippen LogP contribution in [-0.2, 0) is 14.3 Å². The molecule has 0 fully saturated rings. The van der Waals surface area contributed by atoms with Gasteiger partial charge in [-0.25, -0.2) is 4.79 Å². The van der Waals surface area contributed by atoms with Crippen molar-refractivity contribution in [2.75, 3.05) is 11.9 Å². The molecule has 0 saturated heterocycles. The molecule has 0 atom stereocenters. The highest BCUT2D eigenvalue weighted by Gasteiger charge is 2.30. The number of benzene rings is 2. The summed E-state index contributed by atoms with van der Waals surface area (Å²) in [6.07, 6.45) is -2.41. The van der Waals surface area contributed by atoms with Crippen molar-refractivity contribution in [3.8, 4) is 5.75 Å². The third-order valence-electron chi connectivity index (χ3n) is 3.40. The van der Waals surface area contributed by atoms with Crippen molar-refractivity contribution in [2.24, 2.45) is 0 Å². The maximum Gasteiger partial charge on any atom is 0.573 e. The van der Waals surface area contributed by atoms with Gasteiger partial charge in [0, 0.05) is 24.3 Å². The molecule has 9 heteroatoms. The molecular formula is C20H16F3NO5. The lowest BCUT2D eigenvalue weighted by atomic mass is 10.1. The summed E-state index contributed by atoms with van der Waals surface area (Å²) in [7, 11) is 0. The molecular weight excluding hydrogens is 391 g/mol. The van der Waals surface area contributed by atoms with E-state index in [1.807, 2.05) is 0 Å². The van der Waals surface area contributed by atoms with Crippen LogP contribution >= 0.6 is 0 Å². The fourth-order valence-electron chi connectivity index (χ4n) is 2.16. The summed E-state index contributed by atoms with van der Waals surface area (Å²) in [5.41, 5.74) is 1.27. The molecule has 2 aromatic carbocycles. The fraction of sp³-hybridized carbons (Fsp3) is 0.150. The third kappa shape index (κ3) is 7.87. The number of amides is 1. The van der Waals surface area contributed by atoms with E-state index < -0.39 is 24.7 Å². The first-order valence-electron chi connectivity index (χ1n) is 8.24. The summed E-state index contributed by atoms with van der Waals surface area (Å²) in [6.45, 7) is 0.873. The van der Waals surface area contributed by atoms with Crippen LogP contribution < -0.4 is 10.1 Å². The zero-order valence-corrected chi connectivity index (χ0v) is 15.2. The Bertz CT molecular complexity index is 903. The number of ketones is 1. The van der Waals surface area contributed by atoms with Crippen molar-refractivity contribution in [3.63, 3.8) is 0 Å². The number of alkyl halides is 3. The van der Waals surface area contributed by atoms with Gasteiger partial charge in [-0.2, -0.15) is 0 Å². The van der Waals surface area contributed by atoms with Gasteiger partial charge in [0.15, 0.2) is 12.4 Å². The number of rotatable bonds is 7. The average molecular weight is 407 g/mol. The van der Waals surface area contributed by atoms with Crippen molar-refractivity contribution >= 4 is 29.4 Å². The smallest absolute Gasteiger partial charge is 0.454 e. The van der Waals surface area contributed by atoms with Crippen LogP contribution in [0, 0.1) is 0 Å². The minimum atomic E-state index is -4.78. The second-order valence-electron chi connectivity index (χ2n) is 5.74. The number of carbonyl (C=O) groups excluding carboxylic acids is 3. The molecule has 0 aliphatic carbocycles. The Morgan fingerprint density at radius 1 is 1.00 bits per heavy atom. The normalized spacial score (nSPS) is 11.2. The molecule has 1 amide bonds. The zero-order chi connectivity index (χ0) is 21.4. The molecule has 0 aliphatic rings. The second-order valence-corrected chi connectivity index (χ2v) is 5.74. The highest BCUT2D eigenvalue weighted by molar-refractivity contribution is 5.99. The topological polar surface area (TPSA) is 81.7 Å². The molecule has 2 aromatic rings. The van der Waals surface area contributed by atoms with Crippen LogP contribution in [0.3, 0.4) is 0 Å². The van der Waals surface area contributed by atoms with Gasteiger partial charge in [-0.1, -0.05) is 12.1 Å². The van der Waals surface area contributed by atoms with Crippen LogP contribution in [-0.4, -0.2) is 30.6 Å². The summed E-state index contributed by atoms with van der Waals surface area (Å²) >= 11 is 0. The molecule has 0 spiro atoms. The molecule has 29 heavy (non-hydrogen) atoms. The molecule has 0 saturated carbocycles. The maximum atomic E-state index is 12.1. The van der Waals surface area contributed by atoms with Gasteiger partial charge < -0.3 is 14.8 Å². The van der Waals surface area contributed by atoms with Crippen LogP contribution in [0.5, 0.6) is 5.75 Å². The Kier molecular flexibility index (Phi) is 7.13. The first-order chi connectivity index (χ1) is 13.6. The Balaban J connectivity index is 1.84. The van der Waals surface area contributed by atoms with E-state index in [-0.39, 0.29) is 11.7 Å². The molecule has 0 unspecified atom stereocenters. The largest absolute Gasteiger partial charge is 0.573 e. The Hall–Kier alpha value is -3.62. The molecule has 0 aromatic heterocycles. The monoisotopic (exact) mass is 407 g/mol. The molecule has 1 N–H and O–H groups in total. The van der Waals surface area contributed by atoms with E-state index >= 15 is 0 Å². The number of esters is 1. The minimum absolute atomic E-state index is 0.243. The molecule has 6 nitrogen and oxygen atoms in total. The van der Waals surface area contributed by atoms with E-state index in [1.165, 1.54) is 37.3 Å². The van der Waals surface area contributed by atoms with Crippen LogP contribution in [0.2, 0.25) is 0 Å². The molecule has 152 valence electrons. The number of carbonyl (C=O) groups is 3. The van der Waals surface area contributed by atoms with Crippen molar-refractivity contribution in [2.45, 2.75) is 13.3 Å². The lowest BCUT2D eigenvalue weighted by Gasteiger charge is -2.08. The van der Waals surface area contributed by atoms with Crippen molar-refractivity contribution in [1.82, 2.24) is 0 Å². The summed E-state index contributed by atoms with van der Waals surface area (Å²) < 4.78 is 44.9. The van der Waals surface area contributed by atoms with E-state index in [0.29, 0.717) is 16.8 Å². The van der Waals surface area contributed by atoms with E-state index in [0.717, 1.165) is 18.2 Å². The lowest BCUT2D eigenvalue weighted by Crippen LogP contribution is -2.16. The maximum absolute atomic E-state index is 12.1. The standard InChI is InChI=1S/C20H16F3NO5/c1-13(25)24-16-7-5-15(6-8-16)18(26)12-28-19(27)11-4-14-2-9-17(10-3-14)29-20(21,22)23/h2-11H,12H2,1H3,(H,24,25)/b11-4+. The predicted octanol–water partition coefficient (Wildman–Crippen LogP) is 3.98. The van der Waals surface area contributed by atoms with Crippen LogP contribution in [0.25, 0.3) is 6.08 Å². The van der Waals surface area contributed by atoms with E-state index in [2.05, 4.69) is 10.1 Å². The lowest BCUT2D eigenvalue weighted by molar-refractivity contribution is -0.274. The first kappa shape index (κ1) is 21.7. The first-order valence-corrected chi connectivity index (χ1v) is 8.24. The molecule has 0 aliphatic heterocycles. The summed E-state index contributed by atoms with van der Waals surface area (Å²) in [5, 5.41) is 2.56. The van der Waals surface area contributed by atoms with E-state index in [9.17, 15) is 27.6 Å². The van der Waals surface area contributed by atoms with Gasteiger partial charge in [0.1, 0.15) is 5.75 Å². The minimum Gasteiger partial charge on any atom is -0.454 e. The summed E-state index contributed by atoms with van der Waals surface area (Å²) in [4.78, 5) is 34.7. The second kappa shape index (κ2) is 9.54. The number of nitrogens with one attached hydrogen (secondary N) is 1. The number of halogens is 3. The van der Waals surface area contributed by atoms with Crippen molar-refractivity contribution in [1.29, 1.82) is 0 Å². The molecule has 0 bridgehead atoms. The van der Waals surface area contributed by atoms with Crippen molar-refractivity contribution < 1.29 is 37.0 Å². The summed E-state index contributed by atoms with van der Waals surface area (Å²) in [6, 6.07) is 10.9. The van der Waals surface area contributed by atoms with E-state index in [4.69, 9.17) is 4.74 Å². The highest BCUT2D eigenvalue weighted by Crippen LogP contribution is 2.23. The van der Waals surface area contributed by atoms with Crippen LogP contribution in [0.15, 0.2) is 54.6 Å². The predicted molar refractivity (Wildman–Crippen MR) is 98.2 cm³/mol.